The van der Waals surface area contributed by atoms with Crippen molar-refractivity contribution in [3.05, 3.63) is 319 Å². The monoisotopic (exact) mass is 1190 g/mol. The minimum absolute atomic E-state index is 0. The van der Waals surface area contributed by atoms with Gasteiger partial charge in [-0.2, -0.15) is 55.2 Å². The number of fused-ring (bicyclic) bond motifs is 9. The predicted octanol–water partition coefficient (Wildman–Crippen LogP) is 16.7. The van der Waals surface area contributed by atoms with Crippen LogP contribution in [0.25, 0.3) is 44.5 Å². The van der Waals surface area contributed by atoms with Crippen molar-refractivity contribution in [2.75, 3.05) is 7.05 Å². The van der Waals surface area contributed by atoms with Crippen molar-refractivity contribution < 1.29 is 21.1 Å². The Morgan fingerprint density at radius 2 is 0.705 bits per heavy atom. The molecule has 78 heavy (non-hydrogen) atoms. The fraction of sp³-hybridized carbons (Fsp3) is 0.162. The molecule has 3 aliphatic carbocycles. The molecule has 1 aromatic heterocycles. The fourth-order valence-electron chi connectivity index (χ4n) is 14.9. The zero-order valence-corrected chi connectivity index (χ0v) is 48.0. The van der Waals surface area contributed by atoms with Crippen molar-refractivity contribution in [3.8, 4) is 44.5 Å². The Hall–Kier alpha value is -7.84. The molecule has 4 aliphatic rings. The number of hydrogen-bond donors (Lipinski definition) is 0. The molecule has 9 aromatic carbocycles. The summed E-state index contributed by atoms with van der Waals surface area (Å²) >= 11 is 0. The summed E-state index contributed by atoms with van der Waals surface area (Å²) in [7, 11) is 2.12. The van der Waals surface area contributed by atoms with E-state index in [1.165, 1.54) is 117 Å². The van der Waals surface area contributed by atoms with Crippen molar-refractivity contribution in [3.63, 3.8) is 0 Å². The van der Waals surface area contributed by atoms with Gasteiger partial charge in [-0.25, -0.2) is 0 Å². The van der Waals surface area contributed by atoms with Gasteiger partial charge in [0, 0.05) is 32.7 Å². The van der Waals surface area contributed by atoms with Gasteiger partial charge in [-0.15, -0.1) is 22.3 Å². The van der Waals surface area contributed by atoms with Gasteiger partial charge in [0.05, 0.1) is 16.6 Å². The molecule has 0 bridgehead atoms. The minimum atomic E-state index is -0.848. The van der Waals surface area contributed by atoms with Gasteiger partial charge in [-0.05, 0) is 209 Å². The first-order chi connectivity index (χ1) is 37.4. The molecule has 0 saturated heterocycles. The standard InChI is InChI=1S/C74H60N3.Pt/c1-45-19-10-20-46(2)65(45)53-37-38-75-64(41-53)73(60-33-13-23-49(5)68(60)69-50(6)24-14-34-61(69)73)56-29-17-27-54(42-56)72(58-31-11-21-47(3)66(58)67-48(4)22-12-32-59(67)72)55-28-18-30-57(43-55)74(77-40-39-76(9)44-77)62-35-15-25-51(7)70(62)71-52(8)26-16-36-63(71)74;/h10-41,44H,1-9H3;/q-3;. The topological polar surface area (TPSA) is 19.4 Å². The molecule has 0 saturated carbocycles. The van der Waals surface area contributed by atoms with Gasteiger partial charge in [0.1, 0.15) is 0 Å². The summed E-state index contributed by atoms with van der Waals surface area (Å²) < 4.78 is 0. The van der Waals surface area contributed by atoms with Gasteiger partial charge < -0.3 is 9.80 Å². The summed E-state index contributed by atoms with van der Waals surface area (Å²) in [6.07, 6.45) is 6.44. The summed E-state index contributed by atoms with van der Waals surface area (Å²) in [6, 6.07) is 75.2. The number of hydrogen-bond acceptors (Lipinski definition) is 3. The van der Waals surface area contributed by atoms with E-state index in [0.29, 0.717) is 0 Å². The van der Waals surface area contributed by atoms with Gasteiger partial charge in [0.15, 0.2) is 0 Å². The third-order valence-corrected chi connectivity index (χ3v) is 18.0. The van der Waals surface area contributed by atoms with E-state index in [1.54, 1.807) is 0 Å². The molecule has 0 atom stereocenters. The molecular weight excluding hydrogens is 1130 g/mol. The number of pyridine rings is 1. The number of aromatic nitrogens is 1. The first kappa shape index (κ1) is 49.7. The fourth-order valence-corrected chi connectivity index (χ4v) is 14.9. The Balaban J connectivity index is 0.00000579. The summed E-state index contributed by atoms with van der Waals surface area (Å²) in [5, 5.41) is 0. The molecule has 0 spiro atoms. The van der Waals surface area contributed by atoms with Crippen molar-refractivity contribution in [1.82, 2.24) is 14.8 Å². The van der Waals surface area contributed by atoms with Crippen LogP contribution in [-0.4, -0.2) is 21.8 Å². The third-order valence-electron chi connectivity index (χ3n) is 18.0. The van der Waals surface area contributed by atoms with E-state index in [0.717, 1.165) is 33.5 Å². The normalized spacial score (nSPS) is 15.3. The second-order valence-electron chi connectivity index (χ2n) is 22.3. The molecule has 0 fully saturated rings. The van der Waals surface area contributed by atoms with Gasteiger partial charge in [-0.3, -0.25) is 4.98 Å². The average Bonchev–Trinajstić information content (AvgIpc) is 3.29. The van der Waals surface area contributed by atoms with Crippen LogP contribution in [0.4, 0.5) is 0 Å². The van der Waals surface area contributed by atoms with E-state index in [-0.39, 0.29) is 21.1 Å². The number of aryl methyl sites for hydroxylation is 8. The zero-order chi connectivity index (χ0) is 52.7. The maximum absolute atomic E-state index is 5.52. The molecular formula is C74H60N3Pt-3. The van der Waals surface area contributed by atoms with Crippen LogP contribution in [0.15, 0.2) is 195 Å². The molecule has 1 aliphatic heterocycles. The summed E-state index contributed by atoms with van der Waals surface area (Å²) in [5.41, 5.74) is 30.5. The first-order valence-electron chi connectivity index (χ1n) is 27.2. The Labute approximate surface area is 475 Å². The van der Waals surface area contributed by atoms with Crippen LogP contribution in [0.2, 0.25) is 0 Å². The average molecular weight is 1190 g/mol. The zero-order valence-electron chi connectivity index (χ0n) is 45.7. The summed E-state index contributed by atoms with van der Waals surface area (Å²) in [6.45, 7) is 20.3. The van der Waals surface area contributed by atoms with E-state index < -0.39 is 16.4 Å². The van der Waals surface area contributed by atoms with Crippen LogP contribution < -0.4 is 0 Å². The largest absolute Gasteiger partial charge is 0.511 e. The predicted molar refractivity (Wildman–Crippen MR) is 315 cm³/mol. The van der Waals surface area contributed by atoms with Crippen LogP contribution in [-0.2, 0) is 37.4 Å². The third kappa shape index (κ3) is 6.52. The van der Waals surface area contributed by atoms with Crippen LogP contribution in [0.3, 0.4) is 0 Å². The quantitative estimate of drug-likeness (QED) is 0.148. The minimum Gasteiger partial charge on any atom is -0.511 e. The van der Waals surface area contributed by atoms with Crippen molar-refractivity contribution in [1.29, 1.82) is 0 Å². The number of rotatable bonds is 7. The molecule has 0 amide bonds. The molecule has 0 radical (unpaired) electrons. The second-order valence-corrected chi connectivity index (χ2v) is 22.3. The van der Waals surface area contributed by atoms with Gasteiger partial charge in [-0.1, -0.05) is 127 Å². The van der Waals surface area contributed by atoms with Crippen LogP contribution in [0.1, 0.15) is 106 Å². The Kier molecular flexibility index (Phi) is 11.5. The summed E-state index contributed by atoms with van der Waals surface area (Å²) in [5.74, 6) is 0. The molecule has 0 N–H and O–H groups in total. The first-order valence-corrected chi connectivity index (χ1v) is 27.2. The molecule has 10 aromatic rings. The molecule has 14 rings (SSSR count). The van der Waals surface area contributed by atoms with E-state index in [9.17, 15) is 0 Å². The Bertz CT molecular complexity index is 4000. The summed E-state index contributed by atoms with van der Waals surface area (Å²) in [4.78, 5) is 10.1. The van der Waals surface area contributed by atoms with Crippen molar-refractivity contribution in [2.45, 2.75) is 71.8 Å². The van der Waals surface area contributed by atoms with Crippen molar-refractivity contribution in [2.24, 2.45) is 0 Å². The van der Waals surface area contributed by atoms with Crippen LogP contribution >= 0.6 is 0 Å². The number of nitrogens with zero attached hydrogens (tertiary/aromatic N) is 3. The van der Waals surface area contributed by atoms with Gasteiger partial charge in [0.2, 0.25) is 0 Å². The molecule has 0 unspecified atom stereocenters. The molecule has 4 heteroatoms. The second kappa shape index (κ2) is 18.1. The van der Waals surface area contributed by atoms with Crippen molar-refractivity contribution >= 4 is 0 Å². The molecule has 2 heterocycles. The van der Waals surface area contributed by atoms with E-state index in [4.69, 9.17) is 4.98 Å². The Morgan fingerprint density at radius 3 is 1.13 bits per heavy atom. The Morgan fingerprint density at radius 1 is 0.372 bits per heavy atom. The number of benzene rings is 9. The van der Waals surface area contributed by atoms with E-state index in [1.807, 2.05) is 6.20 Å². The van der Waals surface area contributed by atoms with Crippen LogP contribution in [0, 0.1) is 74.2 Å². The van der Waals surface area contributed by atoms with Gasteiger partial charge >= 0.3 is 0 Å². The maximum atomic E-state index is 5.52. The van der Waals surface area contributed by atoms with Gasteiger partial charge in [0.25, 0.3) is 0 Å². The molecule has 3 nitrogen and oxygen atoms in total. The van der Waals surface area contributed by atoms with Crippen LogP contribution in [0.5, 0.6) is 0 Å². The smallest absolute Gasteiger partial charge is 0.0686 e. The van der Waals surface area contributed by atoms with E-state index in [2.05, 4.69) is 279 Å². The molecule has 384 valence electrons. The maximum Gasteiger partial charge on any atom is 0.0686 e. The van der Waals surface area contributed by atoms with E-state index >= 15 is 0 Å². The SMILES string of the molecule is Cc1cccc(C)c1-c1ccnc(C2(c3[c-]c(C4(c5[c-]c(C6(N7C=CN(C)[CH-]7)c7cccc(C)c7-c7c(C)cccc76)ccc5)c5cccc(C)c5-c5c(C)cccc54)ccc3)c3cccc(C)c3-c3c(C)cccc32)c1.[Pt].